The molecule has 0 bridgehead atoms. The van der Waals surface area contributed by atoms with E-state index in [1.807, 2.05) is 7.05 Å². The number of hydrogen-bond acceptors (Lipinski definition) is 5. The summed E-state index contributed by atoms with van der Waals surface area (Å²) in [7, 11) is 1.84. The van der Waals surface area contributed by atoms with Crippen LogP contribution >= 0.6 is 0 Å². The van der Waals surface area contributed by atoms with Gasteiger partial charge in [-0.25, -0.2) is 4.68 Å². The van der Waals surface area contributed by atoms with E-state index in [0.717, 1.165) is 50.8 Å². The zero-order valence-electron chi connectivity index (χ0n) is 14.2. The van der Waals surface area contributed by atoms with Crippen LogP contribution in [0, 0.1) is 5.92 Å². The van der Waals surface area contributed by atoms with Crippen molar-refractivity contribution in [1.82, 2.24) is 25.0 Å². The number of aryl methyl sites for hydroxylation is 1. The molecule has 7 heteroatoms. The second-order valence-electron chi connectivity index (χ2n) is 6.95. The van der Waals surface area contributed by atoms with Crippen molar-refractivity contribution < 1.29 is 4.79 Å². The van der Waals surface area contributed by atoms with Crippen LogP contribution in [0.15, 0.2) is 0 Å². The predicted octanol–water partition coefficient (Wildman–Crippen LogP) is 0.953. The Hall–Kier alpha value is -1.47. The first-order valence-corrected chi connectivity index (χ1v) is 8.75. The largest absolute Gasteiger partial charge is 0.317 e. The number of hydrogen-bond donors (Lipinski definition) is 2. The molecule has 0 spiro atoms. The van der Waals surface area contributed by atoms with Crippen LogP contribution < -0.4 is 10.6 Å². The molecule has 2 aliphatic heterocycles. The zero-order chi connectivity index (χ0) is 16.2. The quantitative estimate of drug-likeness (QED) is 0.864. The number of anilines is 1. The van der Waals surface area contributed by atoms with Crippen LogP contribution in [-0.4, -0.2) is 58.3 Å². The normalized spacial score (nSPS) is 21.5. The van der Waals surface area contributed by atoms with Crippen molar-refractivity contribution in [3.05, 3.63) is 5.82 Å². The molecule has 2 N–H and O–H groups in total. The van der Waals surface area contributed by atoms with Crippen molar-refractivity contribution in [3.63, 3.8) is 0 Å². The van der Waals surface area contributed by atoms with Crippen molar-refractivity contribution in [2.24, 2.45) is 13.0 Å². The number of carbonyl (C=O) groups is 1. The van der Waals surface area contributed by atoms with Crippen LogP contribution in [0.25, 0.3) is 0 Å². The second kappa shape index (κ2) is 7.40. The average Bonchev–Trinajstić information content (AvgIpc) is 2.91. The van der Waals surface area contributed by atoms with Gasteiger partial charge in [0.15, 0.2) is 5.82 Å². The van der Waals surface area contributed by atoms with E-state index in [4.69, 9.17) is 0 Å². The van der Waals surface area contributed by atoms with Gasteiger partial charge < -0.3 is 5.32 Å². The topological polar surface area (TPSA) is 75.1 Å². The highest BCUT2D eigenvalue weighted by molar-refractivity contribution is 5.90. The summed E-state index contributed by atoms with van der Waals surface area (Å²) in [4.78, 5) is 19.0. The van der Waals surface area contributed by atoms with Crippen molar-refractivity contribution >= 4 is 11.9 Å². The van der Waals surface area contributed by atoms with E-state index in [-0.39, 0.29) is 5.91 Å². The SMILES string of the molecule is CC1CCN(CC(=O)Nc2nc(C3CCNCC3)nn2C)CC1. The number of likely N-dealkylation sites (tertiary alicyclic amines) is 1. The number of rotatable bonds is 4. The third kappa shape index (κ3) is 4.29. The lowest BCUT2D eigenvalue weighted by Gasteiger charge is -2.29. The average molecular weight is 320 g/mol. The molecule has 2 aliphatic rings. The minimum absolute atomic E-state index is 0.00640. The van der Waals surface area contributed by atoms with Gasteiger partial charge in [0, 0.05) is 13.0 Å². The Bertz CT molecular complexity index is 529. The van der Waals surface area contributed by atoms with Gasteiger partial charge in [-0.15, -0.1) is 0 Å². The Kier molecular flexibility index (Phi) is 5.27. The summed E-state index contributed by atoms with van der Waals surface area (Å²) < 4.78 is 1.69. The minimum atomic E-state index is 0.00640. The molecule has 0 aromatic carbocycles. The molecular weight excluding hydrogens is 292 g/mol. The minimum Gasteiger partial charge on any atom is -0.317 e. The van der Waals surface area contributed by atoms with Crippen molar-refractivity contribution in [2.45, 2.75) is 38.5 Å². The molecule has 2 saturated heterocycles. The lowest BCUT2D eigenvalue weighted by atomic mass is 9.98. The lowest BCUT2D eigenvalue weighted by molar-refractivity contribution is -0.117. The summed E-state index contributed by atoms with van der Waals surface area (Å²) in [5, 5.41) is 10.8. The molecule has 0 radical (unpaired) electrons. The number of nitrogens with zero attached hydrogens (tertiary/aromatic N) is 4. The molecule has 3 rings (SSSR count). The summed E-state index contributed by atoms with van der Waals surface area (Å²) >= 11 is 0. The molecule has 1 aromatic rings. The summed E-state index contributed by atoms with van der Waals surface area (Å²) in [5.41, 5.74) is 0. The highest BCUT2D eigenvalue weighted by Crippen LogP contribution is 2.23. The Labute approximate surface area is 137 Å². The molecule has 1 aromatic heterocycles. The molecular formula is C16H28N6O. The fraction of sp³-hybridized carbons (Fsp3) is 0.812. The van der Waals surface area contributed by atoms with Gasteiger partial charge in [-0.3, -0.25) is 15.0 Å². The maximum atomic E-state index is 12.3. The first-order valence-electron chi connectivity index (χ1n) is 8.75. The fourth-order valence-corrected chi connectivity index (χ4v) is 3.35. The van der Waals surface area contributed by atoms with Gasteiger partial charge in [-0.2, -0.15) is 10.1 Å². The number of piperidine rings is 2. The molecule has 1 amide bonds. The molecule has 0 unspecified atom stereocenters. The van der Waals surface area contributed by atoms with Gasteiger partial charge >= 0.3 is 0 Å². The van der Waals surface area contributed by atoms with Crippen LogP contribution in [0.3, 0.4) is 0 Å². The number of amides is 1. The van der Waals surface area contributed by atoms with Crippen LogP contribution in [0.4, 0.5) is 5.95 Å². The monoisotopic (exact) mass is 320 g/mol. The molecule has 23 heavy (non-hydrogen) atoms. The third-order valence-corrected chi connectivity index (χ3v) is 4.98. The van der Waals surface area contributed by atoms with E-state index in [1.54, 1.807) is 4.68 Å². The molecule has 0 atom stereocenters. The van der Waals surface area contributed by atoms with Crippen molar-refractivity contribution in [3.8, 4) is 0 Å². The first-order chi connectivity index (χ1) is 11.1. The van der Waals surface area contributed by atoms with Gasteiger partial charge in [-0.1, -0.05) is 6.92 Å². The first kappa shape index (κ1) is 16.4. The Balaban J connectivity index is 1.54. The Morgan fingerprint density at radius 3 is 2.65 bits per heavy atom. The molecule has 2 fully saturated rings. The highest BCUT2D eigenvalue weighted by atomic mass is 16.2. The second-order valence-corrected chi connectivity index (χ2v) is 6.95. The maximum absolute atomic E-state index is 12.3. The van der Waals surface area contributed by atoms with Gasteiger partial charge in [-0.05, 0) is 57.8 Å². The van der Waals surface area contributed by atoms with Crippen molar-refractivity contribution in [2.75, 3.05) is 38.0 Å². The van der Waals surface area contributed by atoms with E-state index in [0.29, 0.717) is 18.4 Å². The van der Waals surface area contributed by atoms with E-state index in [2.05, 4.69) is 32.5 Å². The molecule has 0 aliphatic carbocycles. The zero-order valence-corrected chi connectivity index (χ0v) is 14.2. The number of carbonyl (C=O) groups excluding carboxylic acids is 1. The van der Waals surface area contributed by atoms with Crippen LogP contribution in [0.5, 0.6) is 0 Å². The molecule has 3 heterocycles. The molecule has 7 nitrogen and oxygen atoms in total. The predicted molar refractivity (Wildman–Crippen MR) is 89.3 cm³/mol. The van der Waals surface area contributed by atoms with E-state index in [9.17, 15) is 4.79 Å². The standard InChI is InChI=1S/C16H28N6O/c1-12-5-9-22(10-6-12)11-14(23)18-16-19-15(20-21(16)2)13-3-7-17-8-4-13/h12-13,17H,3-11H2,1-2H3,(H,18,19,20,23). The van der Waals surface area contributed by atoms with Crippen LogP contribution in [-0.2, 0) is 11.8 Å². The summed E-state index contributed by atoms with van der Waals surface area (Å²) in [6, 6.07) is 0. The summed E-state index contributed by atoms with van der Waals surface area (Å²) in [5.74, 6) is 2.61. The maximum Gasteiger partial charge on any atom is 0.240 e. The van der Waals surface area contributed by atoms with Gasteiger partial charge in [0.1, 0.15) is 0 Å². The summed E-state index contributed by atoms with van der Waals surface area (Å²) in [6.45, 7) is 6.76. The van der Waals surface area contributed by atoms with Gasteiger partial charge in [0.2, 0.25) is 11.9 Å². The van der Waals surface area contributed by atoms with E-state index < -0.39 is 0 Å². The van der Waals surface area contributed by atoms with E-state index in [1.165, 1.54) is 12.8 Å². The Morgan fingerprint density at radius 1 is 1.26 bits per heavy atom. The van der Waals surface area contributed by atoms with Gasteiger partial charge in [0.25, 0.3) is 0 Å². The smallest absolute Gasteiger partial charge is 0.240 e. The molecule has 0 saturated carbocycles. The summed E-state index contributed by atoms with van der Waals surface area (Å²) in [6.07, 6.45) is 4.47. The van der Waals surface area contributed by atoms with Crippen LogP contribution in [0.1, 0.15) is 44.3 Å². The van der Waals surface area contributed by atoms with Gasteiger partial charge in [0.05, 0.1) is 6.54 Å². The lowest BCUT2D eigenvalue weighted by Crippen LogP contribution is -2.39. The Morgan fingerprint density at radius 2 is 1.96 bits per heavy atom. The van der Waals surface area contributed by atoms with Crippen molar-refractivity contribution in [1.29, 1.82) is 0 Å². The molecule has 128 valence electrons. The fourth-order valence-electron chi connectivity index (χ4n) is 3.35. The van der Waals surface area contributed by atoms with Crippen LogP contribution in [0.2, 0.25) is 0 Å². The number of aromatic nitrogens is 3. The van der Waals surface area contributed by atoms with E-state index >= 15 is 0 Å². The third-order valence-electron chi connectivity index (χ3n) is 4.98. The highest BCUT2D eigenvalue weighted by Gasteiger charge is 2.22. The number of nitrogens with one attached hydrogen (secondary N) is 2.